The highest BCUT2D eigenvalue weighted by Crippen LogP contribution is 2.19. The Kier molecular flexibility index (Phi) is 6.33. The zero-order chi connectivity index (χ0) is 16.2. The van der Waals surface area contributed by atoms with Crippen LogP contribution in [0.2, 0.25) is 0 Å². The number of barbiturate groups is 1. The van der Waals surface area contributed by atoms with Gasteiger partial charge in [0.15, 0.2) is 0 Å². The van der Waals surface area contributed by atoms with Gasteiger partial charge in [0.25, 0.3) is 0 Å². The average molecular weight is 297 g/mol. The van der Waals surface area contributed by atoms with Crippen LogP contribution in [-0.4, -0.2) is 53.8 Å². The van der Waals surface area contributed by atoms with Crippen LogP contribution in [0.5, 0.6) is 0 Å². The van der Waals surface area contributed by atoms with Crippen LogP contribution < -0.4 is 5.32 Å². The van der Waals surface area contributed by atoms with Crippen LogP contribution in [0.25, 0.3) is 0 Å². The molecule has 1 unspecified atom stereocenters. The molecular formula is C15H27N3O3. The van der Waals surface area contributed by atoms with E-state index in [0.29, 0.717) is 12.6 Å². The summed E-state index contributed by atoms with van der Waals surface area (Å²) in [5.41, 5.74) is 0. The number of rotatable bonds is 7. The first-order valence-electron chi connectivity index (χ1n) is 7.62. The van der Waals surface area contributed by atoms with Crippen LogP contribution in [0, 0.1) is 11.8 Å². The Hall–Kier alpha value is -1.43. The molecule has 1 atom stereocenters. The maximum atomic E-state index is 12.3. The van der Waals surface area contributed by atoms with Crippen molar-refractivity contribution in [2.45, 2.75) is 46.6 Å². The lowest BCUT2D eigenvalue weighted by Gasteiger charge is -2.32. The molecule has 0 bridgehead atoms. The van der Waals surface area contributed by atoms with Gasteiger partial charge in [-0.3, -0.25) is 19.8 Å². The standard InChI is InChI=1S/C15H27N3O3/c1-10(2)12-13(19)16-15(21)18(14(12)20)9-7-6-8-17(5)11(3)4/h10-12H,6-9H2,1-5H3,(H,16,19,21). The second kappa shape index (κ2) is 7.54. The van der Waals surface area contributed by atoms with Crippen molar-refractivity contribution in [1.29, 1.82) is 0 Å². The number of amides is 4. The molecule has 6 nitrogen and oxygen atoms in total. The summed E-state index contributed by atoms with van der Waals surface area (Å²) in [5.74, 6) is -1.70. The third-order valence-electron chi connectivity index (χ3n) is 3.98. The van der Waals surface area contributed by atoms with E-state index in [2.05, 4.69) is 31.1 Å². The predicted octanol–water partition coefficient (Wildman–Crippen LogP) is 1.46. The van der Waals surface area contributed by atoms with E-state index in [1.165, 1.54) is 4.90 Å². The lowest BCUT2D eigenvalue weighted by molar-refractivity contribution is -0.144. The van der Waals surface area contributed by atoms with Crippen molar-refractivity contribution in [1.82, 2.24) is 15.1 Å². The van der Waals surface area contributed by atoms with Crippen LogP contribution in [0.4, 0.5) is 4.79 Å². The van der Waals surface area contributed by atoms with E-state index in [9.17, 15) is 14.4 Å². The molecule has 1 fully saturated rings. The summed E-state index contributed by atoms with van der Waals surface area (Å²) in [6.45, 7) is 9.17. The summed E-state index contributed by atoms with van der Waals surface area (Å²) in [5, 5.41) is 2.28. The van der Waals surface area contributed by atoms with Crippen molar-refractivity contribution >= 4 is 17.8 Å². The first kappa shape index (κ1) is 17.6. The van der Waals surface area contributed by atoms with Crippen LogP contribution in [0.3, 0.4) is 0 Å². The van der Waals surface area contributed by atoms with Gasteiger partial charge in [-0.15, -0.1) is 0 Å². The van der Waals surface area contributed by atoms with E-state index in [0.717, 1.165) is 19.4 Å². The summed E-state index contributed by atoms with van der Waals surface area (Å²) in [6.07, 6.45) is 1.65. The molecule has 6 heteroatoms. The van der Waals surface area contributed by atoms with Gasteiger partial charge in [-0.05, 0) is 46.2 Å². The van der Waals surface area contributed by atoms with Crippen LogP contribution in [-0.2, 0) is 9.59 Å². The number of carbonyl (C=O) groups excluding carboxylic acids is 3. The summed E-state index contributed by atoms with van der Waals surface area (Å²) in [4.78, 5) is 39.2. The minimum atomic E-state index is -0.749. The van der Waals surface area contributed by atoms with E-state index in [-0.39, 0.29) is 11.8 Å². The molecule has 0 aromatic heterocycles. The lowest BCUT2D eigenvalue weighted by atomic mass is 9.92. The summed E-state index contributed by atoms with van der Waals surface area (Å²) < 4.78 is 0. The number of urea groups is 1. The van der Waals surface area contributed by atoms with Crippen LogP contribution in [0.15, 0.2) is 0 Å². The third kappa shape index (κ3) is 4.52. The van der Waals surface area contributed by atoms with Crippen LogP contribution in [0.1, 0.15) is 40.5 Å². The Morgan fingerprint density at radius 2 is 1.76 bits per heavy atom. The highest BCUT2D eigenvalue weighted by atomic mass is 16.2. The maximum absolute atomic E-state index is 12.3. The largest absolute Gasteiger partial charge is 0.330 e. The highest BCUT2D eigenvalue weighted by molar-refractivity contribution is 6.16. The Morgan fingerprint density at radius 1 is 1.14 bits per heavy atom. The van der Waals surface area contributed by atoms with Crippen molar-refractivity contribution in [2.24, 2.45) is 11.8 Å². The highest BCUT2D eigenvalue weighted by Gasteiger charge is 2.41. The number of imide groups is 2. The van der Waals surface area contributed by atoms with Gasteiger partial charge in [0.2, 0.25) is 11.8 Å². The van der Waals surface area contributed by atoms with Crippen molar-refractivity contribution in [3.8, 4) is 0 Å². The molecule has 0 aromatic carbocycles. The van der Waals surface area contributed by atoms with Gasteiger partial charge in [-0.1, -0.05) is 13.8 Å². The molecule has 0 spiro atoms. The molecule has 1 saturated heterocycles. The minimum Gasteiger partial charge on any atom is -0.304 e. The lowest BCUT2D eigenvalue weighted by Crippen LogP contribution is -2.59. The van der Waals surface area contributed by atoms with Gasteiger partial charge < -0.3 is 4.90 Å². The normalized spacial score (nSPS) is 19.9. The van der Waals surface area contributed by atoms with Gasteiger partial charge in [0.05, 0.1) is 0 Å². The second-order valence-corrected chi connectivity index (χ2v) is 6.29. The van der Waals surface area contributed by atoms with Gasteiger partial charge in [0.1, 0.15) is 5.92 Å². The number of unbranched alkanes of at least 4 members (excludes halogenated alkanes) is 1. The fourth-order valence-corrected chi connectivity index (χ4v) is 2.32. The first-order valence-corrected chi connectivity index (χ1v) is 7.62. The molecule has 0 radical (unpaired) electrons. The summed E-state index contributed by atoms with van der Waals surface area (Å²) in [6, 6.07) is -0.105. The smallest absolute Gasteiger partial charge is 0.304 e. The summed E-state index contributed by atoms with van der Waals surface area (Å²) >= 11 is 0. The maximum Gasteiger partial charge on any atom is 0.330 e. The Balaban J connectivity index is 2.51. The van der Waals surface area contributed by atoms with Crippen molar-refractivity contribution in [3.05, 3.63) is 0 Å². The average Bonchev–Trinajstić information content (AvgIpc) is 2.36. The SMILES string of the molecule is CC(C)C1C(=O)NC(=O)N(CCCCN(C)C(C)C)C1=O. The van der Waals surface area contributed by atoms with Crippen LogP contribution >= 0.6 is 0 Å². The molecule has 1 aliphatic heterocycles. The van der Waals surface area contributed by atoms with Crippen molar-refractivity contribution in [2.75, 3.05) is 20.1 Å². The number of nitrogens with zero attached hydrogens (tertiary/aromatic N) is 2. The fourth-order valence-electron chi connectivity index (χ4n) is 2.32. The van der Waals surface area contributed by atoms with Gasteiger partial charge in [0, 0.05) is 12.6 Å². The molecule has 1 N–H and O–H groups in total. The Bertz CT molecular complexity index is 407. The quantitative estimate of drug-likeness (QED) is 0.570. The van der Waals surface area contributed by atoms with E-state index in [4.69, 9.17) is 0 Å². The third-order valence-corrected chi connectivity index (χ3v) is 3.98. The predicted molar refractivity (Wildman–Crippen MR) is 80.6 cm³/mol. The minimum absolute atomic E-state index is 0.111. The van der Waals surface area contributed by atoms with E-state index < -0.39 is 17.9 Å². The number of carbonyl (C=O) groups is 3. The number of nitrogens with one attached hydrogen (secondary N) is 1. The molecule has 0 aliphatic carbocycles. The monoisotopic (exact) mass is 297 g/mol. The Morgan fingerprint density at radius 3 is 2.29 bits per heavy atom. The number of hydrogen-bond acceptors (Lipinski definition) is 4. The second-order valence-electron chi connectivity index (χ2n) is 6.29. The van der Waals surface area contributed by atoms with E-state index in [1.807, 2.05) is 13.8 Å². The summed E-state index contributed by atoms with van der Waals surface area (Å²) in [7, 11) is 2.05. The molecule has 1 aliphatic rings. The van der Waals surface area contributed by atoms with E-state index in [1.54, 1.807) is 0 Å². The topological polar surface area (TPSA) is 69.7 Å². The molecule has 1 heterocycles. The number of hydrogen-bond donors (Lipinski definition) is 1. The van der Waals surface area contributed by atoms with Gasteiger partial charge in [-0.2, -0.15) is 0 Å². The molecule has 21 heavy (non-hydrogen) atoms. The van der Waals surface area contributed by atoms with Gasteiger partial charge in [-0.25, -0.2) is 4.79 Å². The first-order chi connectivity index (χ1) is 9.75. The molecular weight excluding hydrogens is 270 g/mol. The molecule has 0 aromatic rings. The van der Waals surface area contributed by atoms with Crippen molar-refractivity contribution in [3.63, 3.8) is 0 Å². The molecule has 4 amide bonds. The van der Waals surface area contributed by atoms with E-state index >= 15 is 0 Å². The fraction of sp³-hybridized carbons (Fsp3) is 0.800. The molecule has 0 saturated carbocycles. The molecule has 120 valence electrons. The zero-order valence-corrected chi connectivity index (χ0v) is 13.7. The zero-order valence-electron chi connectivity index (χ0n) is 13.7. The molecule has 1 rings (SSSR count). The van der Waals surface area contributed by atoms with Crippen molar-refractivity contribution < 1.29 is 14.4 Å². The Labute approximate surface area is 126 Å². The van der Waals surface area contributed by atoms with Gasteiger partial charge >= 0.3 is 6.03 Å².